The van der Waals surface area contributed by atoms with Crippen LogP contribution in [0.25, 0.3) is 0 Å². The van der Waals surface area contributed by atoms with E-state index >= 15 is 0 Å². The van der Waals surface area contributed by atoms with Crippen molar-refractivity contribution in [3.8, 4) is 0 Å². The Morgan fingerprint density at radius 3 is 1.70 bits per heavy atom. The number of phosphoric ester groups is 1. The van der Waals surface area contributed by atoms with Crippen molar-refractivity contribution in [2.24, 2.45) is 5.73 Å². The molecule has 4 atom stereocenters. The molecule has 0 spiro atoms. The van der Waals surface area contributed by atoms with Crippen LogP contribution in [0.3, 0.4) is 0 Å². The number of rotatable bonds is 37. The van der Waals surface area contributed by atoms with Crippen molar-refractivity contribution in [2.45, 2.75) is 193 Å². The highest BCUT2D eigenvalue weighted by atomic mass is 31.2. The lowest BCUT2D eigenvalue weighted by atomic mass is 10.0. The zero-order valence-electron chi connectivity index (χ0n) is 32.0. The van der Waals surface area contributed by atoms with Gasteiger partial charge in [0.05, 0.1) is 37.9 Å². The standard InChI is InChI=1S/C40H77N2O7P/c1-3-5-7-9-11-13-14-15-16-17-18-19-20-21-22-24-25-27-29-31-37(43)35-40(45)42-38(36-49-50(46,47)48-34-33-41)39(44)32-30-28-26-23-12-10-8-6-4-2/h12,19-20,23,30,32,37-39,43-44H,3-11,13-18,21-22,24-29,31,33-36,41H2,1-2H3,(H,42,45)(H,46,47)/b20-19-,23-12+,32-30+. The zero-order chi connectivity index (χ0) is 37.0. The van der Waals surface area contributed by atoms with Gasteiger partial charge in [-0.3, -0.25) is 13.8 Å². The van der Waals surface area contributed by atoms with Gasteiger partial charge in [-0.25, -0.2) is 4.57 Å². The number of aliphatic hydroxyl groups is 2. The molecule has 0 aromatic rings. The van der Waals surface area contributed by atoms with Crippen molar-refractivity contribution >= 4 is 13.7 Å². The molecule has 0 aliphatic carbocycles. The second-order valence-electron chi connectivity index (χ2n) is 13.7. The number of carbonyl (C=O) groups excluding carboxylic acids is 1. The van der Waals surface area contributed by atoms with Gasteiger partial charge in [-0.1, -0.05) is 147 Å². The van der Waals surface area contributed by atoms with Crippen molar-refractivity contribution in [3.05, 3.63) is 36.5 Å². The van der Waals surface area contributed by atoms with Gasteiger partial charge in [-0.2, -0.15) is 0 Å². The van der Waals surface area contributed by atoms with Gasteiger partial charge in [0.15, 0.2) is 0 Å². The van der Waals surface area contributed by atoms with E-state index in [2.05, 4.69) is 43.5 Å². The van der Waals surface area contributed by atoms with Crippen molar-refractivity contribution in [1.82, 2.24) is 5.32 Å². The molecule has 10 heteroatoms. The number of phosphoric acid groups is 1. The molecule has 4 unspecified atom stereocenters. The van der Waals surface area contributed by atoms with E-state index in [1.807, 2.05) is 6.08 Å². The number of hydrogen-bond donors (Lipinski definition) is 5. The van der Waals surface area contributed by atoms with E-state index in [0.717, 1.165) is 44.9 Å². The van der Waals surface area contributed by atoms with Gasteiger partial charge < -0.3 is 26.2 Å². The Bertz CT molecular complexity index is 899. The average Bonchev–Trinajstić information content (AvgIpc) is 3.09. The Morgan fingerprint density at radius 2 is 1.14 bits per heavy atom. The van der Waals surface area contributed by atoms with Crippen LogP contribution >= 0.6 is 7.82 Å². The summed E-state index contributed by atoms with van der Waals surface area (Å²) < 4.78 is 21.9. The number of carbonyl (C=O) groups is 1. The van der Waals surface area contributed by atoms with E-state index in [4.69, 9.17) is 14.8 Å². The molecule has 0 heterocycles. The van der Waals surface area contributed by atoms with E-state index in [0.29, 0.717) is 12.8 Å². The number of unbranched alkanes of at least 4 members (excludes halogenated alkanes) is 19. The molecule has 0 saturated carbocycles. The molecule has 0 aliphatic heterocycles. The second kappa shape index (κ2) is 36.1. The predicted octanol–water partition coefficient (Wildman–Crippen LogP) is 9.75. The molecule has 1 amide bonds. The Kier molecular flexibility index (Phi) is 35.1. The Balaban J connectivity index is 4.27. The summed E-state index contributed by atoms with van der Waals surface area (Å²) in [6, 6.07) is -0.999. The first kappa shape index (κ1) is 48.7. The minimum absolute atomic E-state index is 0.0429. The average molecular weight is 729 g/mol. The molecule has 0 saturated heterocycles. The molecule has 0 bridgehead atoms. The third-order valence-corrected chi connectivity index (χ3v) is 9.73. The first-order chi connectivity index (χ1) is 24.3. The van der Waals surface area contributed by atoms with E-state index in [1.54, 1.807) is 6.08 Å². The van der Waals surface area contributed by atoms with E-state index < -0.39 is 38.6 Å². The van der Waals surface area contributed by atoms with Crippen molar-refractivity contribution in [2.75, 3.05) is 19.8 Å². The summed E-state index contributed by atoms with van der Waals surface area (Å²) in [6.45, 7) is 3.88. The van der Waals surface area contributed by atoms with Crippen molar-refractivity contribution in [1.29, 1.82) is 0 Å². The van der Waals surface area contributed by atoms with E-state index in [1.165, 1.54) is 96.3 Å². The fraction of sp³-hybridized carbons (Fsp3) is 0.825. The molecule has 0 aromatic heterocycles. The van der Waals surface area contributed by atoms with Crippen LogP contribution in [0.4, 0.5) is 0 Å². The summed E-state index contributed by atoms with van der Waals surface area (Å²) in [5, 5.41) is 23.9. The van der Waals surface area contributed by atoms with Crippen LogP contribution in [0, 0.1) is 0 Å². The maximum Gasteiger partial charge on any atom is 0.472 e. The van der Waals surface area contributed by atoms with Gasteiger partial charge in [0, 0.05) is 6.54 Å². The smallest absolute Gasteiger partial charge is 0.393 e. The summed E-state index contributed by atoms with van der Waals surface area (Å²) in [5.41, 5.74) is 5.34. The highest BCUT2D eigenvalue weighted by Crippen LogP contribution is 2.43. The second-order valence-corrected chi connectivity index (χ2v) is 15.1. The van der Waals surface area contributed by atoms with Crippen LogP contribution in [0.15, 0.2) is 36.5 Å². The highest BCUT2D eigenvalue weighted by molar-refractivity contribution is 7.47. The number of nitrogens with one attached hydrogen (secondary N) is 1. The summed E-state index contributed by atoms with van der Waals surface area (Å²) >= 11 is 0. The molecule has 0 aromatic carbocycles. The topological polar surface area (TPSA) is 151 Å². The SMILES string of the molecule is CCCCC/C=C/CC/C=C/C(O)C(COP(=O)(O)OCCN)NC(=O)CC(O)CCCCCCC/C=C\CCCCCCCCCCCC. The molecule has 50 heavy (non-hydrogen) atoms. The predicted molar refractivity (Wildman–Crippen MR) is 209 cm³/mol. The largest absolute Gasteiger partial charge is 0.472 e. The maximum atomic E-state index is 12.7. The van der Waals surface area contributed by atoms with E-state index in [9.17, 15) is 24.5 Å². The van der Waals surface area contributed by atoms with Crippen molar-refractivity contribution < 1.29 is 33.5 Å². The minimum Gasteiger partial charge on any atom is -0.393 e. The Morgan fingerprint density at radius 1 is 0.680 bits per heavy atom. The molecule has 0 rings (SSSR count). The van der Waals surface area contributed by atoms with Crippen LogP contribution in [-0.4, -0.2) is 59.0 Å². The molecular formula is C40H77N2O7P. The molecule has 9 nitrogen and oxygen atoms in total. The lowest BCUT2D eigenvalue weighted by molar-refractivity contribution is -0.124. The molecule has 0 radical (unpaired) electrons. The fourth-order valence-corrected chi connectivity index (χ4v) is 6.41. The van der Waals surface area contributed by atoms with Crippen LogP contribution in [0.2, 0.25) is 0 Å². The lowest BCUT2D eigenvalue weighted by Crippen LogP contribution is -2.46. The Labute approximate surface area is 306 Å². The number of hydrogen-bond acceptors (Lipinski definition) is 7. The van der Waals surface area contributed by atoms with Crippen molar-refractivity contribution in [3.63, 3.8) is 0 Å². The summed E-state index contributed by atoms with van der Waals surface area (Å²) in [6.07, 6.45) is 38.2. The number of nitrogens with two attached hydrogens (primary N) is 1. The van der Waals surface area contributed by atoms with Gasteiger partial charge in [0.1, 0.15) is 0 Å². The maximum absolute atomic E-state index is 12.7. The number of amides is 1. The van der Waals surface area contributed by atoms with Gasteiger partial charge >= 0.3 is 7.82 Å². The number of aliphatic hydroxyl groups excluding tert-OH is 2. The zero-order valence-corrected chi connectivity index (χ0v) is 32.9. The van der Waals surface area contributed by atoms with Crippen LogP contribution in [-0.2, 0) is 18.4 Å². The molecule has 0 fully saturated rings. The first-order valence-corrected chi connectivity index (χ1v) is 21.7. The third-order valence-electron chi connectivity index (χ3n) is 8.74. The quantitative estimate of drug-likeness (QED) is 0.0241. The number of allylic oxidation sites excluding steroid dienone is 5. The van der Waals surface area contributed by atoms with Crippen LogP contribution < -0.4 is 11.1 Å². The minimum atomic E-state index is -4.40. The fourth-order valence-electron chi connectivity index (χ4n) is 5.66. The summed E-state index contributed by atoms with van der Waals surface area (Å²) in [7, 11) is -4.40. The summed E-state index contributed by atoms with van der Waals surface area (Å²) in [5.74, 6) is -0.464. The lowest BCUT2D eigenvalue weighted by Gasteiger charge is -2.24. The molecule has 0 aliphatic rings. The normalized spacial score (nSPS) is 15.2. The monoisotopic (exact) mass is 729 g/mol. The molecular weight excluding hydrogens is 651 g/mol. The van der Waals surface area contributed by atoms with E-state index in [-0.39, 0.29) is 19.6 Å². The van der Waals surface area contributed by atoms with Gasteiger partial charge in [0.2, 0.25) is 5.91 Å². The Hall–Kier alpha value is -1.32. The van der Waals surface area contributed by atoms with Gasteiger partial charge in [-0.15, -0.1) is 0 Å². The molecule has 6 N–H and O–H groups in total. The van der Waals surface area contributed by atoms with Crippen LogP contribution in [0.5, 0.6) is 0 Å². The van der Waals surface area contributed by atoms with Gasteiger partial charge in [0.25, 0.3) is 0 Å². The highest BCUT2D eigenvalue weighted by Gasteiger charge is 2.27. The van der Waals surface area contributed by atoms with Crippen LogP contribution in [0.1, 0.15) is 174 Å². The third kappa shape index (κ3) is 33.8. The summed E-state index contributed by atoms with van der Waals surface area (Å²) in [4.78, 5) is 22.6. The molecule has 294 valence electrons. The van der Waals surface area contributed by atoms with Gasteiger partial charge in [-0.05, 0) is 57.8 Å². The first-order valence-electron chi connectivity index (χ1n) is 20.2.